The maximum Gasteiger partial charge on any atom is 0.0483 e. The Morgan fingerprint density at radius 2 is 2.11 bits per heavy atom. The fourth-order valence-corrected chi connectivity index (χ4v) is 2.41. The zero-order valence-corrected chi connectivity index (χ0v) is 11.9. The van der Waals surface area contributed by atoms with Crippen LogP contribution in [0.25, 0.3) is 10.9 Å². The van der Waals surface area contributed by atoms with Crippen molar-refractivity contribution in [1.29, 1.82) is 0 Å². The van der Waals surface area contributed by atoms with Gasteiger partial charge in [0.15, 0.2) is 0 Å². The number of nitrogens with one attached hydrogen (secondary N) is 1. The summed E-state index contributed by atoms with van der Waals surface area (Å²) in [4.78, 5) is 0. The fourth-order valence-electron chi connectivity index (χ4n) is 2.41. The molecule has 0 aliphatic carbocycles. The maximum atomic E-state index is 9.22. The maximum absolute atomic E-state index is 9.22. The first kappa shape index (κ1) is 14.1. The van der Waals surface area contributed by atoms with Gasteiger partial charge < -0.3 is 15.0 Å². The predicted molar refractivity (Wildman–Crippen MR) is 80.2 cm³/mol. The number of rotatable bonds is 7. The number of benzene rings is 1. The Labute approximate surface area is 115 Å². The smallest absolute Gasteiger partial charge is 0.0483 e. The minimum Gasteiger partial charge on any atom is -0.396 e. The van der Waals surface area contributed by atoms with Crippen LogP contribution in [0.2, 0.25) is 0 Å². The van der Waals surface area contributed by atoms with Crippen LogP contribution in [0.15, 0.2) is 30.5 Å². The van der Waals surface area contributed by atoms with E-state index >= 15 is 0 Å². The molecule has 1 aromatic heterocycles. The number of aliphatic hydroxyl groups is 1. The molecule has 3 nitrogen and oxygen atoms in total. The van der Waals surface area contributed by atoms with E-state index in [1.807, 2.05) is 0 Å². The third-order valence-corrected chi connectivity index (χ3v) is 3.43. The Hall–Kier alpha value is -1.32. The molecular formula is C16H24N2O. The Morgan fingerprint density at radius 3 is 2.84 bits per heavy atom. The number of aliphatic hydroxyl groups excluding tert-OH is 1. The summed E-state index contributed by atoms with van der Waals surface area (Å²) >= 11 is 0. The van der Waals surface area contributed by atoms with Gasteiger partial charge in [-0.25, -0.2) is 0 Å². The van der Waals surface area contributed by atoms with Crippen LogP contribution in [-0.4, -0.2) is 22.8 Å². The van der Waals surface area contributed by atoms with Gasteiger partial charge in [-0.1, -0.05) is 32.0 Å². The molecule has 2 rings (SSSR count). The number of hydrogen-bond donors (Lipinski definition) is 2. The monoisotopic (exact) mass is 260 g/mol. The Kier molecular flexibility index (Phi) is 5.00. The molecule has 2 aromatic rings. The average molecular weight is 260 g/mol. The lowest BCUT2D eigenvalue weighted by molar-refractivity contribution is 0.224. The third-order valence-electron chi connectivity index (χ3n) is 3.43. The summed E-state index contributed by atoms with van der Waals surface area (Å²) in [5.74, 6) is 0.284. The van der Waals surface area contributed by atoms with Crippen molar-refractivity contribution in [1.82, 2.24) is 9.88 Å². The largest absolute Gasteiger partial charge is 0.396 e. The number of aromatic nitrogens is 1. The summed E-state index contributed by atoms with van der Waals surface area (Å²) in [5.41, 5.74) is 2.60. The van der Waals surface area contributed by atoms with E-state index in [9.17, 15) is 5.11 Å². The predicted octanol–water partition coefficient (Wildman–Crippen LogP) is 2.77. The topological polar surface area (TPSA) is 37.2 Å². The van der Waals surface area contributed by atoms with E-state index in [0.29, 0.717) is 0 Å². The molecule has 1 unspecified atom stereocenters. The molecule has 0 bridgehead atoms. The SMILES string of the molecule is CCCNCc1cn(CC(C)CO)c2ccccc12. The van der Waals surface area contributed by atoms with Crippen LogP contribution < -0.4 is 5.32 Å². The Balaban J connectivity index is 2.26. The number of nitrogens with zero attached hydrogens (tertiary/aromatic N) is 1. The van der Waals surface area contributed by atoms with E-state index in [4.69, 9.17) is 0 Å². The molecule has 0 aliphatic rings. The van der Waals surface area contributed by atoms with Gasteiger partial charge >= 0.3 is 0 Å². The van der Waals surface area contributed by atoms with Crippen molar-refractivity contribution in [2.45, 2.75) is 33.4 Å². The zero-order chi connectivity index (χ0) is 13.7. The van der Waals surface area contributed by atoms with Crippen molar-refractivity contribution >= 4 is 10.9 Å². The van der Waals surface area contributed by atoms with Crippen molar-refractivity contribution in [3.05, 3.63) is 36.0 Å². The van der Waals surface area contributed by atoms with Crippen LogP contribution in [0.5, 0.6) is 0 Å². The van der Waals surface area contributed by atoms with Crippen LogP contribution >= 0.6 is 0 Å². The molecule has 0 spiro atoms. The van der Waals surface area contributed by atoms with Crippen molar-refractivity contribution < 1.29 is 5.11 Å². The Morgan fingerprint density at radius 1 is 1.32 bits per heavy atom. The second-order valence-electron chi connectivity index (χ2n) is 5.29. The minimum absolute atomic E-state index is 0.232. The van der Waals surface area contributed by atoms with E-state index in [1.54, 1.807) is 0 Å². The first-order valence-electron chi connectivity index (χ1n) is 7.14. The van der Waals surface area contributed by atoms with E-state index in [1.165, 1.54) is 16.5 Å². The molecule has 1 aromatic carbocycles. The molecule has 3 heteroatoms. The molecule has 0 fully saturated rings. The number of fused-ring (bicyclic) bond motifs is 1. The molecule has 19 heavy (non-hydrogen) atoms. The molecule has 0 saturated heterocycles. The van der Waals surface area contributed by atoms with Crippen LogP contribution in [0, 0.1) is 5.92 Å². The summed E-state index contributed by atoms with van der Waals surface area (Å²) < 4.78 is 2.26. The van der Waals surface area contributed by atoms with Gasteiger partial charge in [-0.05, 0) is 30.5 Å². The minimum atomic E-state index is 0.232. The molecule has 0 aliphatic heterocycles. The van der Waals surface area contributed by atoms with Gasteiger partial charge in [0, 0.05) is 36.8 Å². The lowest BCUT2D eigenvalue weighted by atomic mass is 10.1. The molecule has 104 valence electrons. The molecule has 1 heterocycles. The number of hydrogen-bond acceptors (Lipinski definition) is 2. The first-order valence-corrected chi connectivity index (χ1v) is 7.14. The van der Waals surface area contributed by atoms with Gasteiger partial charge in [0.2, 0.25) is 0 Å². The van der Waals surface area contributed by atoms with Crippen LogP contribution in [0.1, 0.15) is 25.8 Å². The molecule has 0 saturated carbocycles. The summed E-state index contributed by atoms with van der Waals surface area (Å²) in [7, 11) is 0. The van der Waals surface area contributed by atoms with Gasteiger partial charge in [0.1, 0.15) is 0 Å². The quantitative estimate of drug-likeness (QED) is 0.751. The van der Waals surface area contributed by atoms with Crippen molar-refractivity contribution in [3.8, 4) is 0 Å². The second kappa shape index (κ2) is 6.73. The Bertz CT molecular complexity index is 518. The lowest BCUT2D eigenvalue weighted by Gasteiger charge is -2.10. The second-order valence-corrected chi connectivity index (χ2v) is 5.29. The highest BCUT2D eigenvalue weighted by molar-refractivity contribution is 5.83. The van der Waals surface area contributed by atoms with E-state index in [-0.39, 0.29) is 12.5 Å². The van der Waals surface area contributed by atoms with Crippen molar-refractivity contribution in [2.75, 3.05) is 13.2 Å². The molecule has 0 radical (unpaired) electrons. The van der Waals surface area contributed by atoms with Crippen LogP contribution in [-0.2, 0) is 13.1 Å². The summed E-state index contributed by atoms with van der Waals surface area (Å²) in [5, 5.41) is 14.0. The third kappa shape index (κ3) is 3.37. The van der Waals surface area contributed by atoms with Crippen molar-refractivity contribution in [3.63, 3.8) is 0 Å². The van der Waals surface area contributed by atoms with Gasteiger partial charge in [0.05, 0.1) is 0 Å². The van der Waals surface area contributed by atoms with E-state index in [0.717, 1.165) is 26.1 Å². The highest BCUT2D eigenvalue weighted by atomic mass is 16.3. The molecule has 1 atom stereocenters. The van der Waals surface area contributed by atoms with Crippen molar-refractivity contribution in [2.24, 2.45) is 5.92 Å². The van der Waals surface area contributed by atoms with Gasteiger partial charge in [-0.3, -0.25) is 0 Å². The molecular weight excluding hydrogens is 236 g/mol. The van der Waals surface area contributed by atoms with Gasteiger partial charge in [-0.2, -0.15) is 0 Å². The normalized spacial score (nSPS) is 13.0. The van der Waals surface area contributed by atoms with E-state index in [2.05, 4.69) is 54.2 Å². The summed E-state index contributed by atoms with van der Waals surface area (Å²) in [6.45, 7) is 7.31. The summed E-state index contributed by atoms with van der Waals surface area (Å²) in [6, 6.07) is 8.50. The fraction of sp³-hybridized carbons (Fsp3) is 0.500. The highest BCUT2D eigenvalue weighted by Crippen LogP contribution is 2.22. The van der Waals surface area contributed by atoms with Crippen LogP contribution in [0.3, 0.4) is 0 Å². The molecule has 0 amide bonds. The molecule has 2 N–H and O–H groups in total. The lowest BCUT2D eigenvalue weighted by Crippen LogP contribution is -2.13. The van der Waals surface area contributed by atoms with Gasteiger partial charge in [-0.15, -0.1) is 0 Å². The summed E-state index contributed by atoms with van der Waals surface area (Å²) in [6.07, 6.45) is 3.37. The van der Waals surface area contributed by atoms with Crippen LogP contribution in [0.4, 0.5) is 0 Å². The van der Waals surface area contributed by atoms with Gasteiger partial charge in [0.25, 0.3) is 0 Å². The first-order chi connectivity index (χ1) is 9.26. The average Bonchev–Trinajstić information content (AvgIpc) is 2.78. The van der Waals surface area contributed by atoms with E-state index < -0.39 is 0 Å². The number of para-hydroxylation sites is 1. The zero-order valence-electron chi connectivity index (χ0n) is 11.9. The highest BCUT2D eigenvalue weighted by Gasteiger charge is 2.09. The standard InChI is InChI=1S/C16H24N2O/c1-3-8-17-9-14-11-18(10-13(2)12-19)16-7-5-4-6-15(14)16/h4-7,11,13,17,19H,3,8-10,12H2,1-2H3.